The van der Waals surface area contributed by atoms with E-state index in [4.69, 9.17) is 14.1 Å². The van der Waals surface area contributed by atoms with Crippen LogP contribution in [0.4, 0.5) is 0 Å². The standard InChI is InChI=1S/C24H21NO4S/c1-28-20-12-8-19(9-13-20)24-23(18-10-14-21(15-11-18)30(2,26)27)25-22(29-24)16-17-6-4-3-5-7-17/h3-15H,16H2,1-2H3. The molecule has 0 bridgehead atoms. The molecule has 0 unspecified atom stereocenters. The van der Waals surface area contributed by atoms with Crippen molar-refractivity contribution in [1.82, 2.24) is 4.98 Å². The molecule has 0 N–H and O–H groups in total. The minimum absolute atomic E-state index is 0.269. The van der Waals surface area contributed by atoms with Crippen LogP contribution in [0.15, 0.2) is 88.2 Å². The maximum atomic E-state index is 11.8. The minimum atomic E-state index is -3.26. The van der Waals surface area contributed by atoms with Gasteiger partial charge in [-0.15, -0.1) is 0 Å². The molecule has 0 aliphatic rings. The van der Waals surface area contributed by atoms with Gasteiger partial charge in [0.25, 0.3) is 0 Å². The highest BCUT2D eigenvalue weighted by Gasteiger charge is 2.18. The van der Waals surface area contributed by atoms with Crippen LogP contribution in [-0.4, -0.2) is 26.8 Å². The average molecular weight is 420 g/mol. The third-order valence-electron chi connectivity index (χ3n) is 4.78. The molecule has 6 heteroatoms. The monoisotopic (exact) mass is 419 g/mol. The fraction of sp³-hybridized carbons (Fsp3) is 0.125. The Morgan fingerprint density at radius 3 is 2.10 bits per heavy atom. The lowest BCUT2D eigenvalue weighted by atomic mass is 10.1. The Morgan fingerprint density at radius 2 is 1.50 bits per heavy atom. The summed E-state index contributed by atoms with van der Waals surface area (Å²) in [7, 11) is -1.64. The van der Waals surface area contributed by atoms with E-state index in [0.29, 0.717) is 23.8 Å². The number of benzene rings is 3. The summed E-state index contributed by atoms with van der Waals surface area (Å²) in [5.74, 6) is 1.98. The smallest absolute Gasteiger partial charge is 0.199 e. The number of hydrogen-bond donors (Lipinski definition) is 0. The summed E-state index contributed by atoms with van der Waals surface area (Å²) >= 11 is 0. The zero-order valence-electron chi connectivity index (χ0n) is 16.7. The maximum Gasteiger partial charge on any atom is 0.199 e. The lowest BCUT2D eigenvalue weighted by molar-refractivity contribution is 0.415. The number of rotatable bonds is 6. The van der Waals surface area contributed by atoms with Crippen LogP contribution >= 0.6 is 0 Å². The number of nitrogens with zero attached hydrogens (tertiary/aromatic N) is 1. The number of sulfone groups is 1. The number of aromatic nitrogens is 1. The second-order valence-corrected chi connectivity index (χ2v) is 8.99. The Kier molecular flexibility index (Phi) is 5.42. The van der Waals surface area contributed by atoms with E-state index in [1.54, 1.807) is 31.4 Å². The summed E-state index contributed by atoms with van der Waals surface area (Å²) in [6, 6.07) is 24.2. The Labute approximate surface area is 175 Å². The highest BCUT2D eigenvalue weighted by molar-refractivity contribution is 7.90. The van der Waals surface area contributed by atoms with Crippen molar-refractivity contribution < 1.29 is 17.6 Å². The second-order valence-electron chi connectivity index (χ2n) is 6.97. The lowest BCUT2D eigenvalue weighted by Gasteiger charge is -2.04. The lowest BCUT2D eigenvalue weighted by Crippen LogP contribution is -1.96. The molecular weight excluding hydrogens is 398 g/mol. The number of oxazole rings is 1. The summed E-state index contributed by atoms with van der Waals surface area (Å²) in [6.07, 6.45) is 1.75. The molecule has 0 saturated heterocycles. The topological polar surface area (TPSA) is 69.4 Å². The van der Waals surface area contributed by atoms with Crippen molar-refractivity contribution >= 4 is 9.84 Å². The minimum Gasteiger partial charge on any atom is -0.497 e. The van der Waals surface area contributed by atoms with Crippen LogP contribution in [-0.2, 0) is 16.3 Å². The molecular formula is C24H21NO4S. The van der Waals surface area contributed by atoms with E-state index in [1.807, 2.05) is 54.6 Å². The molecule has 4 rings (SSSR count). The van der Waals surface area contributed by atoms with Crippen LogP contribution in [0.1, 0.15) is 11.5 Å². The van der Waals surface area contributed by atoms with Crippen molar-refractivity contribution in [1.29, 1.82) is 0 Å². The van der Waals surface area contributed by atoms with Crippen LogP contribution < -0.4 is 4.74 Å². The molecule has 0 spiro atoms. The average Bonchev–Trinajstić information content (AvgIpc) is 3.18. The van der Waals surface area contributed by atoms with E-state index in [0.717, 1.165) is 22.4 Å². The van der Waals surface area contributed by atoms with Gasteiger partial charge in [0.05, 0.1) is 12.0 Å². The van der Waals surface area contributed by atoms with Crippen molar-refractivity contribution in [3.8, 4) is 28.3 Å². The molecule has 30 heavy (non-hydrogen) atoms. The molecule has 1 aromatic heterocycles. The maximum absolute atomic E-state index is 11.8. The highest BCUT2D eigenvalue weighted by Crippen LogP contribution is 2.34. The highest BCUT2D eigenvalue weighted by atomic mass is 32.2. The summed E-state index contributed by atoms with van der Waals surface area (Å²) in [6.45, 7) is 0. The van der Waals surface area contributed by atoms with E-state index in [1.165, 1.54) is 6.26 Å². The Bertz CT molecular complexity index is 1240. The molecule has 0 atom stereocenters. The van der Waals surface area contributed by atoms with Gasteiger partial charge in [0.15, 0.2) is 21.5 Å². The Hall–Kier alpha value is -3.38. The number of ether oxygens (including phenoxy) is 1. The molecule has 0 saturated carbocycles. The third kappa shape index (κ3) is 4.28. The van der Waals surface area contributed by atoms with Crippen LogP contribution in [0.5, 0.6) is 5.75 Å². The van der Waals surface area contributed by atoms with Gasteiger partial charge in [-0.3, -0.25) is 0 Å². The molecule has 0 radical (unpaired) electrons. The van der Waals surface area contributed by atoms with Crippen LogP contribution in [0.25, 0.3) is 22.6 Å². The molecule has 1 heterocycles. The molecule has 5 nitrogen and oxygen atoms in total. The zero-order valence-corrected chi connectivity index (χ0v) is 17.5. The van der Waals surface area contributed by atoms with Crippen molar-refractivity contribution in [2.75, 3.05) is 13.4 Å². The van der Waals surface area contributed by atoms with E-state index in [2.05, 4.69) is 0 Å². The van der Waals surface area contributed by atoms with Gasteiger partial charge in [0.1, 0.15) is 11.4 Å². The van der Waals surface area contributed by atoms with E-state index in [-0.39, 0.29) is 4.90 Å². The first-order valence-electron chi connectivity index (χ1n) is 9.42. The van der Waals surface area contributed by atoms with Crippen molar-refractivity contribution in [3.63, 3.8) is 0 Å². The largest absolute Gasteiger partial charge is 0.497 e. The van der Waals surface area contributed by atoms with Gasteiger partial charge < -0.3 is 9.15 Å². The van der Waals surface area contributed by atoms with Crippen molar-refractivity contribution in [3.05, 3.63) is 90.3 Å². The van der Waals surface area contributed by atoms with Crippen molar-refractivity contribution in [2.45, 2.75) is 11.3 Å². The molecule has 0 aliphatic heterocycles. The van der Waals surface area contributed by atoms with Crippen molar-refractivity contribution in [2.24, 2.45) is 0 Å². The molecule has 3 aromatic carbocycles. The fourth-order valence-electron chi connectivity index (χ4n) is 3.20. The SMILES string of the molecule is COc1ccc(-c2oc(Cc3ccccc3)nc2-c2ccc(S(C)(=O)=O)cc2)cc1. The number of methoxy groups -OCH3 is 1. The predicted molar refractivity (Wildman–Crippen MR) is 116 cm³/mol. The van der Waals surface area contributed by atoms with E-state index in [9.17, 15) is 8.42 Å². The van der Waals surface area contributed by atoms with Crippen LogP contribution in [0.3, 0.4) is 0 Å². The Balaban J connectivity index is 1.78. The first kappa shape index (κ1) is 19.9. The van der Waals surface area contributed by atoms with E-state index >= 15 is 0 Å². The summed E-state index contributed by atoms with van der Waals surface area (Å²) in [4.78, 5) is 5.01. The van der Waals surface area contributed by atoms with E-state index < -0.39 is 9.84 Å². The third-order valence-corrected chi connectivity index (χ3v) is 5.91. The molecule has 0 fully saturated rings. The Morgan fingerprint density at radius 1 is 0.867 bits per heavy atom. The van der Waals surface area contributed by atoms with Gasteiger partial charge in [-0.25, -0.2) is 13.4 Å². The zero-order chi connectivity index (χ0) is 21.1. The molecule has 4 aromatic rings. The fourth-order valence-corrected chi connectivity index (χ4v) is 3.83. The first-order valence-corrected chi connectivity index (χ1v) is 11.3. The van der Waals surface area contributed by atoms with Gasteiger partial charge in [-0.05, 0) is 42.0 Å². The van der Waals surface area contributed by atoms with Gasteiger partial charge in [-0.1, -0.05) is 42.5 Å². The van der Waals surface area contributed by atoms with Crippen LogP contribution in [0.2, 0.25) is 0 Å². The van der Waals surface area contributed by atoms with Gasteiger partial charge >= 0.3 is 0 Å². The second kappa shape index (κ2) is 8.16. The summed E-state index contributed by atoms with van der Waals surface area (Å²) in [5, 5.41) is 0. The predicted octanol–water partition coefficient (Wildman–Crippen LogP) is 5.01. The quantitative estimate of drug-likeness (QED) is 0.439. The summed E-state index contributed by atoms with van der Waals surface area (Å²) < 4.78 is 35.0. The first-order chi connectivity index (χ1) is 14.4. The van der Waals surface area contributed by atoms with Gasteiger partial charge in [0, 0.05) is 23.8 Å². The molecule has 0 aliphatic carbocycles. The number of hydrogen-bond acceptors (Lipinski definition) is 5. The van der Waals surface area contributed by atoms with Gasteiger partial charge in [0.2, 0.25) is 0 Å². The van der Waals surface area contributed by atoms with Crippen LogP contribution in [0, 0.1) is 0 Å². The molecule has 152 valence electrons. The van der Waals surface area contributed by atoms with Gasteiger partial charge in [-0.2, -0.15) is 0 Å². The normalized spacial score (nSPS) is 11.4. The molecule has 0 amide bonds. The summed E-state index contributed by atoms with van der Waals surface area (Å²) in [5.41, 5.74) is 3.42.